The van der Waals surface area contributed by atoms with Crippen LogP contribution in [0.2, 0.25) is 0 Å². The number of H-pyrrole nitrogens is 1. The van der Waals surface area contributed by atoms with Gasteiger partial charge in [-0.15, -0.1) is 11.3 Å². The highest BCUT2D eigenvalue weighted by molar-refractivity contribution is 7.09. The molecule has 7 nitrogen and oxygen atoms in total. The van der Waals surface area contributed by atoms with Crippen LogP contribution in [0, 0.1) is 0 Å². The van der Waals surface area contributed by atoms with Crippen LogP contribution in [-0.2, 0) is 0 Å². The van der Waals surface area contributed by atoms with Crippen LogP contribution in [0.3, 0.4) is 0 Å². The second-order valence-corrected chi connectivity index (χ2v) is 7.48. The molecule has 0 radical (unpaired) electrons. The number of nitrogen functional groups attached to an aromatic ring is 1. The molecule has 24 heavy (non-hydrogen) atoms. The summed E-state index contributed by atoms with van der Waals surface area (Å²) in [5.41, 5.74) is 7.92. The van der Waals surface area contributed by atoms with Gasteiger partial charge in [0.1, 0.15) is 5.82 Å². The number of anilines is 2. The fraction of sp³-hybridized carbons (Fsp3) is 0.500. The molecule has 3 N–H and O–H groups in total. The number of aromatic amines is 1. The van der Waals surface area contributed by atoms with E-state index in [4.69, 9.17) is 10.7 Å². The average molecular weight is 343 g/mol. The third-order valence-electron chi connectivity index (χ3n) is 4.51. The quantitative estimate of drug-likeness (QED) is 0.759. The molecular weight excluding hydrogens is 322 g/mol. The number of hydrogen-bond donors (Lipinski definition) is 2. The van der Waals surface area contributed by atoms with Gasteiger partial charge in [-0.1, -0.05) is 13.8 Å². The first-order valence-electron chi connectivity index (χ1n) is 8.28. The van der Waals surface area contributed by atoms with Crippen LogP contribution >= 0.6 is 11.3 Å². The Bertz CT molecular complexity index is 853. The summed E-state index contributed by atoms with van der Waals surface area (Å²) in [7, 11) is 0. The molecule has 1 atom stereocenters. The van der Waals surface area contributed by atoms with Gasteiger partial charge in [0.2, 0.25) is 5.95 Å². The lowest BCUT2D eigenvalue weighted by molar-refractivity contribution is 0.501. The van der Waals surface area contributed by atoms with Gasteiger partial charge >= 0.3 is 0 Å². The Morgan fingerprint density at radius 2 is 2.21 bits per heavy atom. The molecule has 1 aliphatic heterocycles. The number of rotatable bonds is 3. The first-order valence-corrected chi connectivity index (χ1v) is 9.16. The van der Waals surface area contributed by atoms with E-state index in [0.29, 0.717) is 29.2 Å². The third kappa shape index (κ3) is 2.71. The summed E-state index contributed by atoms with van der Waals surface area (Å²) in [6, 6.07) is 0. The lowest BCUT2D eigenvalue weighted by atomic mass is 9.99. The molecule has 0 spiro atoms. The minimum Gasteiger partial charge on any atom is -0.383 e. The van der Waals surface area contributed by atoms with Gasteiger partial charge in [-0.05, 0) is 18.8 Å². The number of nitrogens with two attached hydrogens (primary N) is 1. The molecule has 4 heterocycles. The van der Waals surface area contributed by atoms with Crippen LogP contribution in [0.5, 0.6) is 0 Å². The predicted molar refractivity (Wildman–Crippen MR) is 96.5 cm³/mol. The minimum absolute atomic E-state index is 0.429. The molecule has 1 fully saturated rings. The number of nitrogens with one attached hydrogen (secondary N) is 1. The van der Waals surface area contributed by atoms with Crippen molar-refractivity contribution < 1.29 is 0 Å². The molecule has 0 aliphatic carbocycles. The van der Waals surface area contributed by atoms with Gasteiger partial charge < -0.3 is 10.6 Å². The van der Waals surface area contributed by atoms with Gasteiger partial charge in [0.25, 0.3) is 0 Å². The van der Waals surface area contributed by atoms with Gasteiger partial charge in [0.05, 0.1) is 22.3 Å². The van der Waals surface area contributed by atoms with Crippen molar-refractivity contribution in [3.8, 4) is 0 Å². The summed E-state index contributed by atoms with van der Waals surface area (Å²) in [4.78, 5) is 16.1. The molecule has 3 aromatic heterocycles. The van der Waals surface area contributed by atoms with E-state index in [1.54, 1.807) is 17.5 Å². The zero-order valence-corrected chi connectivity index (χ0v) is 14.7. The fourth-order valence-corrected chi connectivity index (χ4v) is 4.21. The van der Waals surface area contributed by atoms with E-state index in [1.807, 2.05) is 0 Å². The number of piperidine rings is 1. The first-order chi connectivity index (χ1) is 11.6. The van der Waals surface area contributed by atoms with E-state index in [2.05, 4.69) is 44.3 Å². The Balaban J connectivity index is 1.59. The maximum absolute atomic E-state index is 6.04. The molecule has 1 saturated heterocycles. The Hall–Kier alpha value is -2.22. The molecule has 0 bridgehead atoms. The standard InChI is InChI=1S/C16H21N7S/c1-9(2)12-8-24-15(19-12)10-4-3-5-23(7-10)16-20-13(17)11-6-18-22-14(11)21-16/h6,8-10H,3-5,7H2,1-2H3,(H3,17,18,20,21,22)/t10-/m1/s1. The lowest BCUT2D eigenvalue weighted by Gasteiger charge is -2.31. The molecule has 0 amide bonds. The highest BCUT2D eigenvalue weighted by Gasteiger charge is 2.26. The highest BCUT2D eigenvalue weighted by atomic mass is 32.1. The van der Waals surface area contributed by atoms with Crippen LogP contribution in [0.1, 0.15) is 49.2 Å². The summed E-state index contributed by atoms with van der Waals surface area (Å²) in [6.07, 6.45) is 3.92. The Labute approximate surface area is 144 Å². The smallest absolute Gasteiger partial charge is 0.229 e. The van der Waals surface area contributed by atoms with Gasteiger partial charge in [0.15, 0.2) is 5.65 Å². The van der Waals surface area contributed by atoms with Crippen LogP contribution in [0.4, 0.5) is 11.8 Å². The molecule has 0 unspecified atom stereocenters. The molecule has 4 rings (SSSR count). The number of nitrogens with zero attached hydrogens (tertiary/aromatic N) is 5. The lowest BCUT2D eigenvalue weighted by Crippen LogP contribution is -2.35. The number of fused-ring (bicyclic) bond motifs is 1. The molecule has 0 aromatic carbocycles. The SMILES string of the molecule is CC(C)c1csc([C@@H]2CCCN(c3nc(N)c4cn[nH]c4n3)C2)n1. The average Bonchev–Trinajstić information content (AvgIpc) is 3.24. The molecule has 8 heteroatoms. The largest absolute Gasteiger partial charge is 0.383 e. The summed E-state index contributed by atoms with van der Waals surface area (Å²) < 4.78 is 0. The molecule has 0 saturated carbocycles. The molecule has 126 valence electrons. The Morgan fingerprint density at radius 3 is 3.00 bits per heavy atom. The number of aromatic nitrogens is 5. The summed E-state index contributed by atoms with van der Waals surface area (Å²) in [5.74, 6) is 2.05. The molecule has 3 aromatic rings. The summed E-state index contributed by atoms with van der Waals surface area (Å²) in [6.45, 7) is 6.19. The zero-order valence-electron chi connectivity index (χ0n) is 13.9. The van der Waals surface area contributed by atoms with E-state index < -0.39 is 0 Å². The zero-order chi connectivity index (χ0) is 16.7. The Kier molecular flexibility index (Phi) is 3.84. The highest BCUT2D eigenvalue weighted by Crippen LogP contribution is 2.32. The van der Waals surface area contributed by atoms with Crippen molar-refractivity contribution in [2.45, 2.75) is 38.5 Å². The maximum Gasteiger partial charge on any atom is 0.229 e. The monoisotopic (exact) mass is 343 g/mol. The van der Waals surface area contributed by atoms with Crippen molar-refractivity contribution in [2.24, 2.45) is 0 Å². The van der Waals surface area contributed by atoms with Crippen molar-refractivity contribution in [1.29, 1.82) is 0 Å². The molecule has 1 aliphatic rings. The van der Waals surface area contributed by atoms with Gasteiger partial charge in [-0.25, -0.2) is 4.98 Å². The summed E-state index contributed by atoms with van der Waals surface area (Å²) in [5, 5.41) is 11.1. The first kappa shape index (κ1) is 15.3. The normalized spacial score (nSPS) is 18.6. The predicted octanol–water partition coefficient (Wildman–Crippen LogP) is 2.90. The van der Waals surface area contributed by atoms with Crippen molar-refractivity contribution in [1.82, 2.24) is 25.1 Å². The second kappa shape index (κ2) is 6.01. The van der Waals surface area contributed by atoms with Crippen molar-refractivity contribution in [3.05, 3.63) is 22.3 Å². The summed E-state index contributed by atoms with van der Waals surface area (Å²) >= 11 is 1.77. The van der Waals surface area contributed by atoms with Crippen LogP contribution < -0.4 is 10.6 Å². The number of thiazole rings is 1. The minimum atomic E-state index is 0.429. The van der Waals surface area contributed by atoms with Crippen molar-refractivity contribution in [3.63, 3.8) is 0 Å². The van der Waals surface area contributed by atoms with Crippen molar-refractivity contribution in [2.75, 3.05) is 23.7 Å². The van der Waals surface area contributed by atoms with E-state index in [-0.39, 0.29) is 0 Å². The Morgan fingerprint density at radius 1 is 1.33 bits per heavy atom. The van der Waals surface area contributed by atoms with Gasteiger partial charge in [-0.3, -0.25) is 5.10 Å². The molecular formula is C16H21N7S. The van der Waals surface area contributed by atoms with Crippen LogP contribution in [0.15, 0.2) is 11.6 Å². The number of hydrogen-bond acceptors (Lipinski definition) is 7. The van der Waals surface area contributed by atoms with E-state index >= 15 is 0 Å². The van der Waals surface area contributed by atoms with Crippen LogP contribution in [-0.4, -0.2) is 38.2 Å². The van der Waals surface area contributed by atoms with E-state index in [1.165, 1.54) is 10.7 Å². The third-order valence-corrected chi connectivity index (χ3v) is 5.54. The van der Waals surface area contributed by atoms with E-state index in [9.17, 15) is 0 Å². The van der Waals surface area contributed by atoms with Crippen molar-refractivity contribution >= 4 is 34.1 Å². The fourth-order valence-electron chi connectivity index (χ4n) is 3.10. The maximum atomic E-state index is 6.04. The topological polar surface area (TPSA) is 96.6 Å². The second-order valence-electron chi connectivity index (χ2n) is 6.59. The van der Waals surface area contributed by atoms with Gasteiger partial charge in [-0.2, -0.15) is 15.1 Å². The van der Waals surface area contributed by atoms with Gasteiger partial charge in [0, 0.05) is 24.4 Å². The van der Waals surface area contributed by atoms with Crippen LogP contribution in [0.25, 0.3) is 11.0 Å². The van der Waals surface area contributed by atoms with E-state index in [0.717, 1.165) is 31.3 Å².